The number of rotatable bonds is 6. The van der Waals surface area contributed by atoms with Crippen molar-refractivity contribution >= 4 is 29.8 Å². The average molecular weight is 389 g/mol. The summed E-state index contributed by atoms with van der Waals surface area (Å²) in [4.78, 5) is 45.7. The van der Waals surface area contributed by atoms with Gasteiger partial charge in [0.15, 0.2) is 18.1 Å². The smallest absolute Gasteiger partial charge is 0.303 e. The summed E-state index contributed by atoms with van der Waals surface area (Å²) >= 11 is 0. The molecule has 1 aliphatic rings. The molecule has 0 amide bonds. The summed E-state index contributed by atoms with van der Waals surface area (Å²) in [6.45, 7) is 5.49. The van der Waals surface area contributed by atoms with Gasteiger partial charge in [-0.2, -0.15) is 0 Å². The second kappa shape index (κ2) is 9.86. The molecule has 0 radical (unpaired) electrons. The zero-order valence-electron chi connectivity index (χ0n) is 15.7. The van der Waals surface area contributed by atoms with E-state index in [-0.39, 0.29) is 12.5 Å². The molecule has 5 atom stereocenters. The number of carbonyl (C=O) groups excluding carboxylic acids is 4. The second-order valence-corrected chi connectivity index (χ2v) is 5.74. The quantitative estimate of drug-likeness (QED) is 0.287. The molecular weight excluding hydrogens is 366 g/mol. The van der Waals surface area contributed by atoms with Crippen LogP contribution < -0.4 is 0 Å². The molecule has 1 saturated heterocycles. The van der Waals surface area contributed by atoms with Gasteiger partial charge in [-0.1, -0.05) is 0 Å². The Morgan fingerprint density at radius 3 is 1.67 bits per heavy atom. The molecular formula is C16H23NO10. The highest BCUT2D eigenvalue weighted by Gasteiger charge is 2.53. The maximum Gasteiger partial charge on any atom is 0.303 e. The standard InChI is InChI=1S/C16H23NO10/c1-7(17)23-16-15(26-11(5)21)14(25-10(4)20)13(24-9(3)19)12(27-16)6-22-8(2)18/h12-17H,6H2,1-5H3/t12-,13+,14+,15-,16+/m1/s1. The van der Waals surface area contributed by atoms with E-state index < -0.39 is 54.6 Å². The van der Waals surface area contributed by atoms with Crippen molar-refractivity contribution in [2.45, 2.75) is 65.3 Å². The lowest BCUT2D eigenvalue weighted by Crippen LogP contribution is -2.63. The summed E-state index contributed by atoms with van der Waals surface area (Å²) in [5.41, 5.74) is 0. The van der Waals surface area contributed by atoms with Crippen molar-refractivity contribution in [2.75, 3.05) is 6.61 Å². The first-order valence-electron chi connectivity index (χ1n) is 8.03. The van der Waals surface area contributed by atoms with Gasteiger partial charge in [0.1, 0.15) is 12.7 Å². The molecule has 1 aliphatic heterocycles. The summed E-state index contributed by atoms with van der Waals surface area (Å²) in [7, 11) is 0. The molecule has 0 unspecified atom stereocenters. The Labute approximate surface area is 155 Å². The molecule has 11 heteroatoms. The minimum Gasteiger partial charge on any atom is -0.463 e. The minimum atomic E-state index is -1.36. The molecule has 1 heterocycles. The predicted octanol–water partition coefficient (Wildman–Crippen LogP) is 0.0833. The van der Waals surface area contributed by atoms with Crippen molar-refractivity contribution in [3.05, 3.63) is 0 Å². The molecule has 0 bridgehead atoms. The van der Waals surface area contributed by atoms with Crippen LogP contribution in [0.15, 0.2) is 0 Å². The van der Waals surface area contributed by atoms with Gasteiger partial charge in [-0.05, 0) is 0 Å². The molecule has 27 heavy (non-hydrogen) atoms. The third-order valence-electron chi connectivity index (χ3n) is 3.24. The molecule has 1 fully saturated rings. The van der Waals surface area contributed by atoms with Gasteiger partial charge in [-0.3, -0.25) is 24.6 Å². The van der Waals surface area contributed by atoms with Gasteiger partial charge >= 0.3 is 23.9 Å². The van der Waals surface area contributed by atoms with Gasteiger partial charge in [0.05, 0.1) is 0 Å². The molecule has 0 aromatic carbocycles. The highest BCUT2D eigenvalue weighted by molar-refractivity contribution is 5.70. The van der Waals surface area contributed by atoms with Crippen LogP contribution in [-0.4, -0.2) is 67.1 Å². The van der Waals surface area contributed by atoms with Crippen LogP contribution >= 0.6 is 0 Å². The predicted molar refractivity (Wildman–Crippen MR) is 86.4 cm³/mol. The fourth-order valence-corrected chi connectivity index (χ4v) is 2.46. The first-order chi connectivity index (χ1) is 12.5. The fraction of sp³-hybridized carbons (Fsp3) is 0.688. The Bertz CT molecular complexity index is 604. The van der Waals surface area contributed by atoms with E-state index in [1.165, 1.54) is 13.8 Å². The molecule has 1 N–H and O–H groups in total. The van der Waals surface area contributed by atoms with E-state index in [1.54, 1.807) is 0 Å². The van der Waals surface area contributed by atoms with Crippen LogP contribution in [0.25, 0.3) is 0 Å². The van der Waals surface area contributed by atoms with Crippen molar-refractivity contribution in [1.82, 2.24) is 0 Å². The maximum atomic E-state index is 11.6. The topological polar surface area (TPSA) is 148 Å². The van der Waals surface area contributed by atoms with E-state index in [4.69, 9.17) is 33.8 Å². The number of hydrogen-bond donors (Lipinski definition) is 1. The normalized spacial score (nSPS) is 27.1. The van der Waals surface area contributed by atoms with Gasteiger partial charge in [0.25, 0.3) is 0 Å². The lowest BCUT2D eigenvalue weighted by Gasteiger charge is -2.43. The highest BCUT2D eigenvalue weighted by atomic mass is 16.7. The van der Waals surface area contributed by atoms with Crippen molar-refractivity contribution in [1.29, 1.82) is 5.41 Å². The number of esters is 4. The van der Waals surface area contributed by atoms with Crippen LogP contribution in [0.1, 0.15) is 34.6 Å². The third kappa shape index (κ3) is 7.21. The third-order valence-corrected chi connectivity index (χ3v) is 3.24. The first kappa shape index (κ1) is 22.4. The van der Waals surface area contributed by atoms with Crippen LogP contribution in [0.5, 0.6) is 0 Å². The van der Waals surface area contributed by atoms with E-state index in [1.807, 2.05) is 0 Å². The summed E-state index contributed by atoms with van der Waals surface area (Å²) in [5, 5.41) is 7.49. The van der Waals surface area contributed by atoms with Gasteiger partial charge in [0, 0.05) is 34.6 Å². The van der Waals surface area contributed by atoms with Crippen molar-refractivity contribution in [3.8, 4) is 0 Å². The average Bonchev–Trinajstić information content (AvgIpc) is 2.49. The number of nitrogens with one attached hydrogen (secondary N) is 1. The van der Waals surface area contributed by atoms with Crippen LogP contribution in [0.4, 0.5) is 0 Å². The van der Waals surface area contributed by atoms with E-state index in [9.17, 15) is 19.2 Å². The minimum absolute atomic E-state index is 0.268. The molecule has 11 nitrogen and oxygen atoms in total. The van der Waals surface area contributed by atoms with E-state index in [0.717, 1.165) is 20.8 Å². The van der Waals surface area contributed by atoms with Gasteiger partial charge in [-0.25, -0.2) is 0 Å². The Kier molecular flexibility index (Phi) is 8.16. The van der Waals surface area contributed by atoms with Crippen LogP contribution in [0.3, 0.4) is 0 Å². The summed E-state index contributed by atoms with van der Waals surface area (Å²) in [6, 6.07) is 0. The van der Waals surface area contributed by atoms with E-state index >= 15 is 0 Å². The summed E-state index contributed by atoms with van der Waals surface area (Å²) in [6.07, 6.45) is -6.35. The SMILES string of the molecule is CC(=N)O[C@H]1O[C@H](COC(C)=O)[C@H](OC(C)=O)[C@H](OC(C)=O)[C@H]1OC(C)=O. The van der Waals surface area contributed by atoms with Crippen molar-refractivity contribution < 1.29 is 47.6 Å². The molecule has 152 valence electrons. The molecule has 0 aromatic rings. The Balaban J connectivity index is 3.29. The lowest BCUT2D eigenvalue weighted by molar-refractivity contribution is -0.291. The Hall–Kier alpha value is -2.69. The van der Waals surface area contributed by atoms with Crippen LogP contribution in [-0.2, 0) is 47.6 Å². The van der Waals surface area contributed by atoms with Gasteiger partial charge in [0.2, 0.25) is 12.4 Å². The lowest BCUT2D eigenvalue weighted by atomic mass is 9.98. The van der Waals surface area contributed by atoms with Crippen molar-refractivity contribution in [3.63, 3.8) is 0 Å². The molecule has 1 rings (SSSR count). The molecule has 0 aromatic heterocycles. The van der Waals surface area contributed by atoms with Crippen LogP contribution in [0.2, 0.25) is 0 Å². The van der Waals surface area contributed by atoms with Gasteiger partial charge < -0.3 is 28.4 Å². The monoisotopic (exact) mass is 389 g/mol. The second-order valence-electron chi connectivity index (χ2n) is 5.74. The highest BCUT2D eigenvalue weighted by Crippen LogP contribution is 2.30. The van der Waals surface area contributed by atoms with Gasteiger partial charge in [-0.15, -0.1) is 0 Å². The molecule has 0 saturated carbocycles. The largest absolute Gasteiger partial charge is 0.463 e. The Morgan fingerprint density at radius 2 is 1.22 bits per heavy atom. The molecule has 0 spiro atoms. The zero-order valence-corrected chi connectivity index (χ0v) is 15.7. The fourth-order valence-electron chi connectivity index (χ4n) is 2.46. The first-order valence-corrected chi connectivity index (χ1v) is 8.03. The van der Waals surface area contributed by atoms with Crippen molar-refractivity contribution in [2.24, 2.45) is 0 Å². The maximum absolute atomic E-state index is 11.6. The number of ether oxygens (including phenoxy) is 6. The van der Waals surface area contributed by atoms with E-state index in [2.05, 4.69) is 0 Å². The van der Waals surface area contributed by atoms with E-state index in [0.29, 0.717) is 0 Å². The number of carbonyl (C=O) groups is 4. The molecule has 0 aliphatic carbocycles. The summed E-state index contributed by atoms with van der Waals surface area (Å²) < 4.78 is 31.2. The Morgan fingerprint density at radius 1 is 0.741 bits per heavy atom. The van der Waals surface area contributed by atoms with Crippen LogP contribution in [0, 0.1) is 5.41 Å². The number of hydrogen-bond acceptors (Lipinski definition) is 11. The zero-order chi connectivity index (χ0) is 20.7. The summed E-state index contributed by atoms with van der Waals surface area (Å²) in [5.74, 6) is -3.09.